The van der Waals surface area contributed by atoms with Crippen molar-refractivity contribution >= 4 is 75.5 Å². The molecule has 8 bridgehead atoms. The molecule has 9 aromatic rings. The largest absolute Gasteiger partial charge is 0.494 e. The van der Waals surface area contributed by atoms with Crippen molar-refractivity contribution in [3.63, 3.8) is 0 Å². The van der Waals surface area contributed by atoms with Crippen LogP contribution in [0.3, 0.4) is 0 Å². The summed E-state index contributed by atoms with van der Waals surface area (Å²) in [5.41, 5.74) is 16.6. The van der Waals surface area contributed by atoms with Gasteiger partial charge in [0.25, 0.3) is 0 Å². The van der Waals surface area contributed by atoms with Crippen molar-refractivity contribution in [2.24, 2.45) is 23.7 Å². The quantitative estimate of drug-likeness (QED) is 0.0248. The summed E-state index contributed by atoms with van der Waals surface area (Å²) in [6.45, 7) is 26.4. The smallest absolute Gasteiger partial charge is 0.335 e. The lowest BCUT2D eigenvalue weighted by molar-refractivity contribution is 0.0696. The van der Waals surface area contributed by atoms with E-state index < -0.39 is 5.97 Å². The van der Waals surface area contributed by atoms with Gasteiger partial charge in [0.1, 0.15) is 28.7 Å². The van der Waals surface area contributed by atoms with Crippen LogP contribution >= 0.6 is 11.8 Å². The standard InChI is InChI=1S/C105H125N5O7S/c1-11-21-27-29-65-110-93-63-45-78(67-99(93)118-100-68-81(50-64-94(100)110)79-48-51-82(52-49-79)113-66-30-28-22-12-2)44-54-84-87-57-61-91(108-87)101(103-95(114-69-73(17-7)33-23-13-3)37-31-38-96(103)115-70-74(18-8)34-24-14-4)89-59-55-85(106-89)83(53-43-77-41-46-80(47-42-77)105(111)112)86-56-60-90(107-86)102(92-62-58-88(84)109-92)104-97(116-71-75(19-9)35-25-15-5)39-32-40-98(104)117-72-76(20-10)36-26-16-6/h31-32,37-42,45-52,55-64,67-68,73-76,106,109H,11-30,33-36,65-66,69-72H2,1-10H3,(H,111,112). The van der Waals surface area contributed by atoms with E-state index in [0.717, 1.165) is 201 Å². The monoisotopic (exact) mass is 1600 g/mol. The Morgan fingerprint density at radius 3 is 1.25 bits per heavy atom. The molecular weight excluding hydrogens is 1480 g/mol. The number of unbranched alkanes of at least 4 members (excludes halogenated alkanes) is 10. The Morgan fingerprint density at radius 2 is 0.805 bits per heavy atom. The zero-order chi connectivity index (χ0) is 82.5. The van der Waals surface area contributed by atoms with E-state index in [1.807, 2.05) is 11.8 Å². The number of aromatic nitrogens is 4. The molecule has 3 aromatic heterocycles. The predicted molar refractivity (Wildman–Crippen MR) is 494 cm³/mol. The molecule has 12 nitrogen and oxygen atoms in total. The number of carboxylic acids is 1. The van der Waals surface area contributed by atoms with Gasteiger partial charge in [-0.1, -0.05) is 251 Å². The van der Waals surface area contributed by atoms with Gasteiger partial charge in [-0.05, 0) is 213 Å². The molecule has 0 saturated carbocycles. The summed E-state index contributed by atoms with van der Waals surface area (Å²) in [5.74, 6) is 18.8. The number of nitrogens with zero attached hydrogens (tertiary/aromatic N) is 3. The summed E-state index contributed by atoms with van der Waals surface area (Å²) in [6, 6.07) is 50.0. The number of aromatic amines is 2. The molecule has 4 unspecified atom stereocenters. The Morgan fingerprint density at radius 1 is 0.398 bits per heavy atom. The summed E-state index contributed by atoms with van der Waals surface area (Å²) >= 11 is 1.81. The van der Waals surface area contributed by atoms with Crippen LogP contribution in [0.5, 0.6) is 28.7 Å². The Bertz CT molecular complexity index is 5040. The number of rotatable bonds is 43. The number of anilines is 2. The normalized spacial score (nSPS) is 13.0. The number of hydrogen-bond acceptors (Lipinski definition) is 10. The highest BCUT2D eigenvalue weighted by Crippen LogP contribution is 2.51. The lowest BCUT2D eigenvalue weighted by Crippen LogP contribution is -2.22. The van der Waals surface area contributed by atoms with E-state index in [9.17, 15) is 9.90 Å². The molecule has 0 radical (unpaired) electrons. The number of benzene rings is 6. The van der Waals surface area contributed by atoms with Gasteiger partial charge in [-0.3, -0.25) is 0 Å². The molecule has 13 heteroatoms. The summed E-state index contributed by atoms with van der Waals surface area (Å²) in [5, 5.41) is 9.98. The molecule has 4 atom stereocenters. The highest BCUT2D eigenvalue weighted by molar-refractivity contribution is 7.99. The fourth-order valence-electron chi connectivity index (χ4n) is 15.9. The molecule has 6 heterocycles. The average molecular weight is 1600 g/mol. The van der Waals surface area contributed by atoms with E-state index in [1.165, 1.54) is 48.4 Å². The van der Waals surface area contributed by atoms with Gasteiger partial charge in [0, 0.05) is 49.6 Å². The molecule has 618 valence electrons. The third-order valence-electron chi connectivity index (χ3n) is 23.5. The van der Waals surface area contributed by atoms with Crippen molar-refractivity contribution in [2.45, 2.75) is 233 Å². The molecule has 3 aliphatic rings. The van der Waals surface area contributed by atoms with Crippen molar-refractivity contribution in [1.82, 2.24) is 19.9 Å². The van der Waals surface area contributed by atoms with Crippen LogP contribution in [0.25, 0.3) is 79.8 Å². The summed E-state index contributed by atoms with van der Waals surface area (Å²) in [4.78, 5) is 36.7. The van der Waals surface area contributed by atoms with E-state index in [1.54, 1.807) is 24.3 Å². The maximum Gasteiger partial charge on any atom is 0.335 e. The fourth-order valence-corrected chi connectivity index (χ4v) is 17.1. The zero-order valence-corrected chi connectivity index (χ0v) is 72.7. The first-order valence-corrected chi connectivity index (χ1v) is 45.5. The molecule has 0 fully saturated rings. The first-order valence-electron chi connectivity index (χ1n) is 44.7. The minimum Gasteiger partial charge on any atom is -0.494 e. The van der Waals surface area contributed by atoms with Crippen LogP contribution in [0.15, 0.2) is 155 Å². The maximum atomic E-state index is 12.2. The van der Waals surface area contributed by atoms with Gasteiger partial charge in [0.15, 0.2) is 0 Å². The number of fused-ring (bicyclic) bond motifs is 10. The fraction of sp³-hybridized carbons (Fsp3) is 0.419. The molecular formula is C105H125N5O7S. The van der Waals surface area contributed by atoms with Crippen LogP contribution < -0.4 is 28.6 Å². The summed E-state index contributed by atoms with van der Waals surface area (Å²) < 4.78 is 35.1. The molecule has 3 aliphatic heterocycles. The molecule has 3 N–H and O–H groups in total. The number of hydrogen-bond donors (Lipinski definition) is 3. The molecule has 0 spiro atoms. The minimum absolute atomic E-state index is 0.181. The summed E-state index contributed by atoms with van der Waals surface area (Å²) in [6.07, 6.45) is 34.8. The predicted octanol–water partition coefficient (Wildman–Crippen LogP) is 28.7. The first-order chi connectivity index (χ1) is 57.9. The number of ether oxygens (including phenoxy) is 5. The number of carboxylic acid groups (broad SMARTS) is 1. The molecule has 0 amide bonds. The van der Waals surface area contributed by atoms with Gasteiger partial charge in [-0.25, -0.2) is 14.8 Å². The van der Waals surface area contributed by atoms with E-state index in [4.69, 9.17) is 33.7 Å². The van der Waals surface area contributed by atoms with E-state index >= 15 is 0 Å². The van der Waals surface area contributed by atoms with Crippen molar-refractivity contribution in [1.29, 1.82) is 0 Å². The first kappa shape index (κ1) is 87.0. The highest BCUT2D eigenvalue weighted by atomic mass is 32.2. The van der Waals surface area contributed by atoms with Gasteiger partial charge in [0.05, 0.1) is 106 Å². The van der Waals surface area contributed by atoms with Gasteiger partial charge in [0.2, 0.25) is 0 Å². The van der Waals surface area contributed by atoms with E-state index in [0.29, 0.717) is 118 Å². The summed E-state index contributed by atoms with van der Waals surface area (Å²) in [7, 11) is 0. The van der Waals surface area contributed by atoms with Crippen molar-refractivity contribution in [3.8, 4) is 85.8 Å². The van der Waals surface area contributed by atoms with Crippen LogP contribution in [-0.4, -0.2) is 70.6 Å². The third kappa shape index (κ3) is 22.5. The van der Waals surface area contributed by atoms with Crippen LogP contribution in [0.2, 0.25) is 0 Å². The SMILES string of the molecule is CCCCCCOc1ccc(-c2ccc3c(c2)Sc2cc(C#Cc4c5nc(c(-c6c(OCC(CC)CCCC)cccc6OCC(CC)CCCC)c6ccc([nH]6)c(C#Cc6ccc(C(=O)O)cc6)c6nc(c(-c7c(OCC(CC)CCCC)cccc7OCC(CC)CCCC)c7ccc4[nH]7)C=C6)C=C5)ccc2N3CCCCCC)cc1. The number of aromatic carboxylic acids is 1. The number of H-pyrrole nitrogens is 2. The van der Waals surface area contributed by atoms with Crippen LogP contribution in [-0.2, 0) is 0 Å². The second-order valence-electron chi connectivity index (χ2n) is 32.2. The Kier molecular flexibility index (Phi) is 32.8. The van der Waals surface area contributed by atoms with Gasteiger partial charge in [-0.15, -0.1) is 0 Å². The maximum absolute atomic E-state index is 12.2. The van der Waals surface area contributed by atoms with Crippen molar-refractivity contribution < 1.29 is 33.6 Å². The Balaban J connectivity index is 1.12. The lowest BCUT2D eigenvalue weighted by atomic mass is 9.99. The average Bonchev–Trinajstić information content (AvgIpc) is 1.35. The van der Waals surface area contributed by atoms with Crippen molar-refractivity contribution in [3.05, 3.63) is 196 Å². The second-order valence-corrected chi connectivity index (χ2v) is 33.3. The lowest BCUT2D eigenvalue weighted by Gasteiger charge is -2.33. The topological polar surface area (TPSA) is 144 Å². The molecule has 0 aliphatic carbocycles. The molecule has 6 aromatic carbocycles. The van der Waals surface area contributed by atoms with Crippen molar-refractivity contribution in [2.75, 3.05) is 44.5 Å². The van der Waals surface area contributed by atoms with E-state index in [2.05, 4.69) is 253 Å². The van der Waals surface area contributed by atoms with Gasteiger partial charge in [-0.2, -0.15) is 0 Å². The minimum atomic E-state index is -1.00. The van der Waals surface area contributed by atoms with Gasteiger partial charge < -0.3 is 43.7 Å². The molecule has 118 heavy (non-hydrogen) atoms. The number of carbonyl (C=O) groups is 1. The highest BCUT2D eigenvalue weighted by Gasteiger charge is 2.29. The van der Waals surface area contributed by atoms with Crippen LogP contribution in [0.4, 0.5) is 11.4 Å². The zero-order valence-electron chi connectivity index (χ0n) is 71.8. The molecule has 0 saturated heterocycles. The van der Waals surface area contributed by atoms with Crippen LogP contribution in [0, 0.1) is 47.4 Å². The van der Waals surface area contributed by atoms with Crippen LogP contribution in [0.1, 0.15) is 279 Å². The van der Waals surface area contributed by atoms with Gasteiger partial charge >= 0.3 is 5.97 Å². The third-order valence-corrected chi connectivity index (χ3v) is 24.6. The Labute approximate surface area is 707 Å². The Hall–Kier alpha value is -10.3. The van der Waals surface area contributed by atoms with E-state index in [-0.39, 0.29) is 5.56 Å². The molecule has 12 rings (SSSR count). The second kappa shape index (κ2) is 44.5. The number of nitrogens with one attached hydrogen (secondary N) is 2.